The number of aryl methyl sites for hydroxylation is 1. The van der Waals surface area contributed by atoms with Crippen molar-refractivity contribution in [2.24, 2.45) is 0 Å². The van der Waals surface area contributed by atoms with Gasteiger partial charge in [0, 0.05) is 12.3 Å². The van der Waals surface area contributed by atoms with Crippen LogP contribution in [0.15, 0.2) is 24.3 Å². The first-order chi connectivity index (χ1) is 8.59. The van der Waals surface area contributed by atoms with Crippen LogP contribution in [0, 0.1) is 6.92 Å². The molecule has 3 heteroatoms. The SMILES string of the molecule is CCCCP(=O)(CCCC)Oc1ccc(C)cc1. The van der Waals surface area contributed by atoms with Crippen molar-refractivity contribution in [3.8, 4) is 5.75 Å². The summed E-state index contributed by atoms with van der Waals surface area (Å²) in [5, 5.41) is 0. The van der Waals surface area contributed by atoms with Crippen LogP contribution in [0.4, 0.5) is 0 Å². The Hall–Kier alpha value is -0.750. The third kappa shape index (κ3) is 5.27. The van der Waals surface area contributed by atoms with E-state index in [2.05, 4.69) is 13.8 Å². The van der Waals surface area contributed by atoms with Gasteiger partial charge in [-0.15, -0.1) is 0 Å². The Morgan fingerprint density at radius 3 is 1.94 bits per heavy atom. The molecule has 1 rings (SSSR count). The predicted octanol–water partition coefficient (Wildman–Crippen LogP) is 5.25. The number of unbranched alkanes of at least 4 members (excludes halogenated alkanes) is 2. The Morgan fingerprint density at radius 2 is 1.50 bits per heavy atom. The summed E-state index contributed by atoms with van der Waals surface area (Å²) >= 11 is 0. The standard InChI is InChI=1S/C15H25O2P/c1-4-6-12-18(16,13-7-5-2)17-15-10-8-14(3)9-11-15/h8-11H,4-7,12-13H2,1-3H3. The Morgan fingerprint density at radius 1 is 1.00 bits per heavy atom. The van der Waals surface area contributed by atoms with Gasteiger partial charge < -0.3 is 4.52 Å². The second kappa shape index (κ2) is 7.63. The lowest BCUT2D eigenvalue weighted by Crippen LogP contribution is -2.03. The number of benzene rings is 1. The van der Waals surface area contributed by atoms with Gasteiger partial charge in [0.2, 0.25) is 7.37 Å². The van der Waals surface area contributed by atoms with Crippen molar-refractivity contribution < 1.29 is 9.09 Å². The minimum absolute atomic E-state index is 0.706. The lowest BCUT2D eigenvalue weighted by molar-refractivity contribution is 0.476. The zero-order valence-corrected chi connectivity index (χ0v) is 12.7. The third-order valence-electron chi connectivity index (χ3n) is 3.00. The first-order valence-electron chi connectivity index (χ1n) is 6.94. The molecule has 0 bridgehead atoms. The van der Waals surface area contributed by atoms with Crippen LogP contribution in [-0.2, 0) is 4.57 Å². The molecule has 0 fully saturated rings. The highest BCUT2D eigenvalue weighted by Crippen LogP contribution is 2.48. The van der Waals surface area contributed by atoms with Crippen LogP contribution < -0.4 is 4.52 Å². The Labute approximate surface area is 111 Å². The lowest BCUT2D eigenvalue weighted by Gasteiger charge is -2.19. The summed E-state index contributed by atoms with van der Waals surface area (Å²) in [5.41, 5.74) is 1.19. The van der Waals surface area contributed by atoms with Crippen molar-refractivity contribution in [2.75, 3.05) is 12.3 Å². The van der Waals surface area contributed by atoms with Crippen LogP contribution in [0.25, 0.3) is 0 Å². The van der Waals surface area contributed by atoms with E-state index >= 15 is 0 Å². The van der Waals surface area contributed by atoms with E-state index in [0.29, 0.717) is 12.3 Å². The average molecular weight is 268 g/mol. The van der Waals surface area contributed by atoms with Gasteiger partial charge in [0.15, 0.2) is 0 Å². The molecule has 0 saturated carbocycles. The maximum atomic E-state index is 12.8. The summed E-state index contributed by atoms with van der Waals surface area (Å²) in [5.74, 6) is 0.746. The van der Waals surface area contributed by atoms with Gasteiger partial charge in [-0.2, -0.15) is 0 Å². The van der Waals surface area contributed by atoms with Crippen LogP contribution in [0.2, 0.25) is 0 Å². The van der Waals surface area contributed by atoms with Crippen LogP contribution in [0.5, 0.6) is 5.75 Å². The fourth-order valence-electron chi connectivity index (χ4n) is 1.79. The second-order valence-electron chi connectivity index (χ2n) is 4.87. The van der Waals surface area contributed by atoms with Gasteiger partial charge in [0.1, 0.15) is 5.75 Å². The molecule has 0 amide bonds. The number of hydrogen-bond acceptors (Lipinski definition) is 2. The number of rotatable bonds is 8. The molecule has 0 aromatic heterocycles. The van der Waals surface area contributed by atoms with Gasteiger partial charge in [-0.25, -0.2) is 0 Å². The highest BCUT2D eigenvalue weighted by molar-refractivity contribution is 7.59. The fourth-order valence-corrected chi connectivity index (χ4v) is 4.30. The summed E-state index contributed by atoms with van der Waals surface area (Å²) in [6, 6.07) is 7.83. The van der Waals surface area contributed by atoms with Gasteiger partial charge in [0.05, 0.1) is 0 Å². The van der Waals surface area contributed by atoms with Crippen molar-refractivity contribution >= 4 is 7.37 Å². The van der Waals surface area contributed by atoms with Crippen molar-refractivity contribution in [3.63, 3.8) is 0 Å². The van der Waals surface area contributed by atoms with Crippen LogP contribution in [-0.4, -0.2) is 12.3 Å². The third-order valence-corrected chi connectivity index (χ3v) is 5.54. The van der Waals surface area contributed by atoms with E-state index in [1.807, 2.05) is 31.2 Å². The summed E-state index contributed by atoms with van der Waals surface area (Å²) in [7, 11) is -2.49. The molecule has 0 radical (unpaired) electrons. The molecule has 0 saturated heterocycles. The maximum absolute atomic E-state index is 12.8. The molecule has 0 aliphatic rings. The van der Waals surface area contributed by atoms with Gasteiger partial charge in [0.25, 0.3) is 0 Å². The summed E-state index contributed by atoms with van der Waals surface area (Å²) in [6.45, 7) is 6.28. The molecule has 0 unspecified atom stereocenters. The largest absolute Gasteiger partial charge is 0.443 e. The van der Waals surface area contributed by atoms with Gasteiger partial charge >= 0.3 is 0 Å². The van der Waals surface area contributed by atoms with E-state index in [-0.39, 0.29) is 0 Å². The molecule has 0 spiro atoms. The molecule has 102 valence electrons. The molecule has 1 aromatic rings. The molecule has 1 aromatic carbocycles. The van der Waals surface area contributed by atoms with E-state index in [9.17, 15) is 4.57 Å². The molecular weight excluding hydrogens is 243 g/mol. The first kappa shape index (κ1) is 15.3. The summed E-state index contributed by atoms with van der Waals surface area (Å²) in [6.07, 6.45) is 5.50. The van der Waals surface area contributed by atoms with E-state index < -0.39 is 7.37 Å². The zero-order chi connectivity index (χ0) is 13.4. The molecule has 0 heterocycles. The maximum Gasteiger partial charge on any atom is 0.247 e. The van der Waals surface area contributed by atoms with Crippen molar-refractivity contribution in [1.29, 1.82) is 0 Å². The normalized spacial score (nSPS) is 11.5. The van der Waals surface area contributed by atoms with Crippen LogP contribution in [0.1, 0.15) is 45.1 Å². The van der Waals surface area contributed by atoms with Crippen molar-refractivity contribution in [2.45, 2.75) is 46.5 Å². The molecule has 18 heavy (non-hydrogen) atoms. The number of hydrogen-bond donors (Lipinski definition) is 0. The summed E-state index contributed by atoms with van der Waals surface area (Å²) < 4.78 is 18.6. The van der Waals surface area contributed by atoms with Crippen molar-refractivity contribution in [1.82, 2.24) is 0 Å². The quantitative estimate of drug-likeness (QED) is 0.602. The lowest BCUT2D eigenvalue weighted by atomic mass is 10.2. The van der Waals surface area contributed by atoms with Gasteiger partial charge in [-0.1, -0.05) is 44.4 Å². The molecule has 0 N–H and O–H groups in total. The smallest absolute Gasteiger partial charge is 0.247 e. The predicted molar refractivity (Wildman–Crippen MR) is 79.0 cm³/mol. The minimum atomic E-state index is -2.49. The van der Waals surface area contributed by atoms with Gasteiger partial charge in [-0.05, 0) is 31.9 Å². The molecule has 2 nitrogen and oxygen atoms in total. The Bertz CT molecular complexity index is 372. The molecule has 0 aliphatic carbocycles. The average Bonchev–Trinajstić information content (AvgIpc) is 2.37. The van der Waals surface area contributed by atoms with Gasteiger partial charge in [-0.3, -0.25) is 4.57 Å². The fraction of sp³-hybridized carbons (Fsp3) is 0.600. The van der Waals surface area contributed by atoms with E-state index in [1.54, 1.807) is 0 Å². The van der Waals surface area contributed by atoms with Crippen LogP contribution >= 0.6 is 7.37 Å². The zero-order valence-electron chi connectivity index (χ0n) is 11.8. The van der Waals surface area contributed by atoms with E-state index in [1.165, 1.54) is 5.56 Å². The minimum Gasteiger partial charge on any atom is -0.443 e. The highest BCUT2D eigenvalue weighted by Gasteiger charge is 2.23. The summed E-state index contributed by atoms with van der Waals surface area (Å²) in [4.78, 5) is 0. The van der Waals surface area contributed by atoms with E-state index in [0.717, 1.165) is 31.4 Å². The first-order valence-corrected chi connectivity index (χ1v) is 8.93. The monoisotopic (exact) mass is 268 g/mol. The Kier molecular flexibility index (Phi) is 6.49. The second-order valence-corrected chi connectivity index (χ2v) is 7.58. The van der Waals surface area contributed by atoms with Crippen LogP contribution in [0.3, 0.4) is 0 Å². The molecular formula is C15H25O2P. The highest BCUT2D eigenvalue weighted by atomic mass is 31.2. The van der Waals surface area contributed by atoms with E-state index in [4.69, 9.17) is 4.52 Å². The topological polar surface area (TPSA) is 26.3 Å². The Balaban J connectivity index is 2.70. The molecule has 0 aliphatic heterocycles. The molecule has 0 atom stereocenters. The van der Waals surface area contributed by atoms with Crippen molar-refractivity contribution in [3.05, 3.63) is 29.8 Å².